The number of nitrogens with zero attached hydrogens (tertiary/aromatic N) is 5. The molecule has 0 atom stereocenters. The topological polar surface area (TPSA) is 113 Å². The molecule has 0 radical (unpaired) electrons. The third kappa shape index (κ3) is 3.79. The molecule has 9 heteroatoms. The van der Waals surface area contributed by atoms with Crippen molar-refractivity contribution in [1.29, 1.82) is 0 Å². The number of carbonyl (C=O) groups is 2. The van der Waals surface area contributed by atoms with Gasteiger partial charge < -0.3 is 15.3 Å². The molecule has 9 nitrogen and oxygen atoms in total. The first-order valence-corrected chi connectivity index (χ1v) is 10.7. The maximum Gasteiger partial charge on any atom is 0.394 e. The maximum atomic E-state index is 11.9. The van der Waals surface area contributed by atoms with Crippen LogP contribution in [0.25, 0.3) is 27.5 Å². The van der Waals surface area contributed by atoms with Crippen LogP contribution in [0.15, 0.2) is 79.1 Å². The fourth-order valence-electron chi connectivity index (χ4n) is 3.86. The van der Waals surface area contributed by atoms with Gasteiger partial charge in [-0.25, -0.2) is 14.5 Å². The Labute approximate surface area is 194 Å². The van der Waals surface area contributed by atoms with Gasteiger partial charge in [-0.1, -0.05) is 36.4 Å². The molecule has 3 aromatic carbocycles. The van der Waals surface area contributed by atoms with E-state index in [1.165, 1.54) is 4.90 Å². The highest BCUT2D eigenvalue weighted by atomic mass is 16.4. The molecule has 0 aliphatic rings. The van der Waals surface area contributed by atoms with E-state index in [4.69, 9.17) is 5.11 Å². The number of fused-ring (bicyclic) bond motifs is 2. The summed E-state index contributed by atoms with van der Waals surface area (Å²) >= 11 is 0. The molecule has 0 unspecified atom stereocenters. The maximum absolute atomic E-state index is 11.9. The molecule has 168 valence electrons. The van der Waals surface area contributed by atoms with Crippen molar-refractivity contribution in [2.45, 2.75) is 6.92 Å². The number of nitrogens with one attached hydrogen (secondary N) is 1. The number of aliphatic carboxylic acids is 1. The summed E-state index contributed by atoms with van der Waals surface area (Å²) in [4.78, 5) is 33.1. The van der Waals surface area contributed by atoms with Crippen LogP contribution in [-0.4, -0.2) is 43.3 Å². The summed E-state index contributed by atoms with van der Waals surface area (Å²) in [6.07, 6.45) is 3.44. The number of anilines is 3. The van der Waals surface area contributed by atoms with Crippen LogP contribution in [0.2, 0.25) is 0 Å². The molecule has 0 aliphatic heterocycles. The molecule has 34 heavy (non-hydrogen) atoms. The van der Waals surface area contributed by atoms with Gasteiger partial charge in [-0.3, -0.25) is 4.79 Å². The lowest BCUT2D eigenvalue weighted by atomic mass is 10.1. The van der Waals surface area contributed by atoms with Crippen molar-refractivity contribution in [2.75, 3.05) is 16.8 Å². The molecule has 0 saturated heterocycles. The molecular weight excluding hydrogens is 432 g/mol. The minimum atomic E-state index is -1.49. The second-order valence-electron chi connectivity index (χ2n) is 7.55. The Hall–Kier alpha value is -4.79. The number of hydrogen-bond donors (Lipinski definition) is 2. The molecule has 0 bridgehead atoms. The molecule has 2 aromatic heterocycles. The highest BCUT2D eigenvalue weighted by molar-refractivity contribution is 6.37. The van der Waals surface area contributed by atoms with Gasteiger partial charge in [0, 0.05) is 29.5 Å². The first kappa shape index (κ1) is 21.1. The normalized spacial score (nSPS) is 11.0. The lowest BCUT2D eigenvalue weighted by Gasteiger charge is -2.19. The van der Waals surface area contributed by atoms with Crippen molar-refractivity contribution in [1.82, 2.24) is 19.7 Å². The Morgan fingerprint density at radius 2 is 1.74 bits per heavy atom. The summed E-state index contributed by atoms with van der Waals surface area (Å²) in [5.41, 5.74) is 2.77. The third-order valence-electron chi connectivity index (χ3n) is 5.48. The van der Waals surface area contributed by atoms with Crippen LogP contribution in [0, 0.1) is 0 Å². The highest BCUT2D eigenvalue weighted by Crippen LogP contribution is 2.26. The summed E-state index contributed by atoms with van der Waals surface area (Å²) in [6.45, 7) is 1.96. The summed E-state index contributed by atoms with van der Waals surface area (Å²) in [5.74, 6) is -2.08. The van der Waals surface area contributed by atoms with Gasteiger partial charge in [0.25, 0.3) is 0 Å². The van der Waals surface area contributed by atoms with E-state index < -0.39 is 11.9 Å². The van der Waals surface area contributed by atoms with Crippen molar-refractivity contribution >= 4 is 51.0 Å². The van der Waals surface area contributed by atoms with Gasteiger partial charge in [0.2, 0.25) is 5.95 Å². The average molecular weight is 452 g/mol. The van der Waals surface area contributed by atoms with Crippen LogP contribution in [-0.2, 0) is 9.59 Å². The van der Waals surface area contributed by atoms with Crippen LogP contribution >= 0.6 is 0 Å². The van der Waals surface area contributed by atoms with Crippen molar-refractivity contribution < 1.29 is 14.7 Å². The van der Waals surface area contributed by atoms with E-state index >= 15 is 0 Å². The monoisotopic (exact) mass is 452 g/mol. The second kappa shape index (κ2) is 8.62. The minimum Gasteiger partial charge on any atom is -0.474 e. The van der Waals surface area contributed by atoms with Gasteiger partial charge in [0.05, 0.1) is 17.3 Å². The molecular formula is C25H20N6O3. The number of carboxylic acid groups (broad SMARTS) is 1. The van der Waals surface area contributed by atoms with Crippen LogP contribution in [0.3, 0.4) is 0 Å². The predicted octanol–water partition coefficient (Wildman–Crippen LogP) is 4.15. The first-order valence-electron chi connectivity index (χ1n) is 10.7. The lowest BCUT2D eigenvalue weighted by Crippen LogP contribution is -2.36. The van der Waals surface area contributed by atoms with E-state index in [2.05, 4.69) is 38.6 Å². The number of amides is 1. The summed E-state index contributed by atoms with van der Waals surface area (Å²) in [5, 5.41) is 19.7. The van der Waals surface area contributed by atoms with Gasteiger partial charge in [0.15, 0.2) is 5.65 Å². The Kier molecular flexibility index (Phi) is 5.35. The number of likely N-dealkylation sites (N-methyl/N-ethyl adjacent to an activating group) is 1. The van der Waals surface area contributed by atoms with Crippen LogP contribution in [0.5, 0.6) is 0 Å². The summed E-state index contributed by atoms with van der Waals surface area (Å²) in [6, 6.07) is 21.0. The van der Waals surface area contributed by atoms with Crippen LogP contribution in [0.4, 0.5) is 17.3 Å². The molecule has 1 amide bonds. The van der Waals surface area contributed by atoms with E-state index in [-0.39, 0.29) is 6.54 Å². The third-order valence-corrected chi connectivity index (χ3v) is 5.48. The zero-order chi connectivity index (χ0) is 23.7. The van der Waals surface area contributed by atoms with E-state index in [9.17, 15) is 9.59 Å². The summed E-state index contributed by atoms with van der Waals surface area (Å²) in [7, 11) is 0. The Balaban J connectivity index is 1.46. The van der Waals surface area contributed by atoms with Crippen LogP contribution in [0.1, 0.15) is 6.92 Å². The molecule has 5 rings (SSSR count). The first-order chi connectivity index (χ1) is 16.5. The Bertz CT molecular complexity index is 1520. The fraction of sp³-hybridized carbons (Fsp3) is 0.0800. The van der Waals surface area contributed by atoms with E-state index in [0.29, 0.717) is 23.0 Å². The molecule has 2 N–H and O–H groups in total. The number of benzene rings is 3. The lowest BCUT2D eigenvalue weighted by molar-refractivity contribution is -0.148. The number of rotatable bonds is 5. The van der Waals surface area contributed by atoms with E-state index in [1.54, 1.807) is 48.3 Å². The Morgan fingerprint density at radius 1 is 0.971 bits per heavy atom. The number of carbonyl (C=O) groups excluding carboxylic acids is 1. The van der Waals surface area contributed by atoms with Gasteiger partial charge >= 0.3 is 11.9 Å². The average Bonchev–Trinajstić information content (AvgIpc) is 3.28. The smallest absolute Gasteiger partial charge is 0.394 e. The van der Waals surface area contributed by atoms with Crippen molar-refractivity contribution in [3.8, 4) is 5.69 Å². The molecule has 0 saturated carbocycles. The van der Waals surface area contributed by atoms with Crippen molar-refractivity contribution in [2.24, 2.45) is 0 Å². The Morgan fingerprint density at radius 3 is 2.50 bits per heavy atom. The molecule has 0 spiro atoms. The number of aromatic nitrogens is 4. The van der Waals surface area contributed by atoms with Gasteiger partial charge in [-0.2, -0.15) is 10.1 Å². The van der Waals surface area contributed by atoms with Gasteiger partial charge in [-0.15, -0.1) is 0 Å². The SMILES string of the molecule is CCN(C(=O)C(=O)O)c1ccc(Nc2ncc3cnn(-c4cccc5ccccc45)c3n2)cc1. The van der Waals surface area contributed by atoms with Crippen molar-refractivity contribution in [3.63, 3.8) is 0 Å². The molecule has 5 aromatic rings. The van der Waals surface area contributed by atoms with Crippen LogP contribution < -0.4 is 10.2 Å². The molecule has 2 heterocycles. The number of carboxylic acids is 1. The fourth-order valence-corrected chi connectivity index (χ4v) is 3.86. The van der Waals surface area contributed by atoms with Crippen molar-refractivity contribution in [3.05, 3.63) is 79.1 Å². The quantitative estimate of drug-likeness (QED) is 0.385. The summed E-state index contributed by atoms with van der Waals surface area (Å²) < 4.78 is 1.80. The van der Waals surface area contributed by atoms with E-state index in [1.807, 2.05) is 24.3 Å². The van der Waals surface area contributed by atoms with Gasteiger partial charge in [0.1, 0.15) is 0 Å². The standard InChI is InChI=1S/C25H20N6O3/c1-2-30(23(32)24(33)34)19-12-10-18(11-13-19)28-25-26-14-17-15-27-31(22(17)29-25)21-9-5-7-16-6-3-4-8-20(16)21/h3-15H,2H2,1H3,(H,33,34)(H,26,28,29). The van der Waals surface area contributed by atoms with E-state index in [0.717, 1.165) is 21.8 Å². The highest BCUT2D eigenvalue weighted by Gasteiger charge is 2.21. The zero-order valence-electron chi connectivity index (χ0n) is 18.2. The molecule has 0 aliphatic carbocycles. The number of hydrogen-bond acceptors (Lipinski definition) is 6. The second-order valence-corrected chi connectivity index (χ2v) is 7.55. The largest absolute Gasteiger partial charge is 0.474 e. The zero-order valence-corrected chi connectivity index (χ0v) is 18.2. The minimum absolute atomic E-state index is 0.246. The van der Waals surface area contributed by atoms with Gasteiger partial charge in [-0.05, 0) is 42.6 Å². The predicted molar refractivity (Wildman–Crippen MR) is 130 cm³/mol. The molecule has 0 fully saturated rings.